The van der Waals surface area contributed by atoms with Gasteiger partial charge in [0.05, 0.1) is 6.04 Å². The van der Waals surface area contributed by atoms with Gasteiger partial charge in [0, 0.05) is 19.6 Å². The van der Waals surface area contributed by atoms with Gasteiger partial charge in [-0.05, 0) is 26.1 Å². The quantitative estimate of drug-likeness (QED) is 0.758. The summed E-state index contributed by atoms with van der Waals surface area (Å²) in [6.07, 6.45) is 2.83. The molecule has 1 amide bonds. The molecule has 0 heterocycles. The molecule has 2 N–H and O–H groups in total. The molecule has 0 saturated heterocycles. The highest BCUT2D eigenvalue weighted by Gasteiger charge is 2.20. The van der Waals surface area contributed by atoms with E-state index in [1.54, 1.807) is 0 Å². The fraction of sp³-hybridized carbons (Fsp3) is 0.588. The van der Waals surface area contributed by atoms with Crippen molar-refractivity contribution in [3.8, 4) is 0 Å². The van der Waals surface area contributed by atoms with Crippen LogP contribution in [-0.2, 0) is 11.3 Å². The summed E-state index contributed by atoms with van der Waals surface area (Å²) in [5, 5.41) is 0. The summed E-state index contributed by atoms with van der Waals surface area (Å²) in [6, 6.07) is 9.71. The van der Waals surface area contributed by atoms with Gasteiger partial charge in [-0.15, -0.1) is 0 Å². The maximum absolute atomic E-state index is 12.5. The first kappa shape index (κ1) is 17.7. The van der Waals surface area contributed by atoms with Gasteiger partial charge < -0.3 is 15.5 Å². The fourth-order valence-corrected chi connectivity index (χ4v) is 2.17. The number of carbonyl (C=O) groups excluding carboxylic acids is 1. The number of unbranched alkanes of at least 4 members (excludes halogenated alkanes) is 1. The maximum Gasteiger partial charge on any atom is 0.239 e. The first-order chi connectivity index (χ1) is 10.0. The van der Waals surface area contributed by atoms with Crippen molar-refractivity contribution in [1.29, 1.82) is 0 Å². The summed E-state index contributed by atoms with van der Waals surface area (Å²) in [4.78, 5) is 16.5. The Morgan fingerprint density at radius 3 is 2.43 bits per heavy atom. The molecule has 1 atom stereocenters. The lowest BCUT2D eigenvalue weighted by Crippen LogP contribution is -2.45. The van der Waals surface area contributed by atoms with Crippen molar-refractivity contribution in [1.82, 2.24) is 9.80 Å². The lowest BCUT2D eigenvalue weighted by molar-refractivity contribution is -0.133. The predicted octanol–water partition coefficient (Wildman–Crippen LogP) is 2.09. The van der Waals surface area contributed by atoms with Crippen LogP contribution in [0.15, 0.2) is 30.3 Å². The van der Waals surface area contributed by atoms with Gasteiger partial charge >= 0.3 is 0 Å². The number of benzene rings is 1. The number of likely N-dealkylation sites (N-methyl/N-ethyl adjacent to an activating group) is 1. The van der Waals surface area contributed by atoms with E-state index in [1.807, 2.05) is 49.3 Å². The fourth-order valence-electron chi connectivity index (χ4n) is 2.17. The van der Waals surface area contributed by atoms with Crippen LogP contribution in [-0.4, -0.2) is 48.9 Å². The van der Waals surface area contributed by atoms with Crippen LogP contribution in [0.1, 0.15) is 31.7 Å². The monoisotopic (exact) mass is 291 g/mol. The van der Waals surface area contributed by atoms with Crippen LogP contribution >= 0.6 is 0 Å². The SMILES string of the molecule is CCCC[C@H](N)C(=O)N(CCN(C)C)Cc1ccccc1. The third kappa shape index (κ3) is 6.74. The zero-order valence-corrected chi connectivity index (χ0v) is 13.6. The van der Waals surface area contributed by atoms with Crippen molar-refractivity contribution in [2.24, 2.45) is 5.73 Å². The van der Waals surface area contributed by atoms with Crippen LogP contribution in [0.3, 0.4) is 0 Å². The number of nitrogens with two attached hydrogens (primary N) is 1. The van der Waals surface area contributed by atoms with Crippen LogP contribution in [0, 0.1) is 0 Å². The Morgan fingerprint density at radius 2 is 1.86 bits per heavy atom. The van der Waals surface area contributed by atoms with Crippen molar-refractivity contribution < 1.29 is 4.79 Å². The van der Waals surface area contributed by atoms with Crippen molar-refractivity contribution in [2.45, 2.75) is 38.8 Å². The molecule has 0 radical (unpaired) electrons. The predicted molar refractivity (Wildman–Crippen MR) is 87.9 cm³/mol. The molecular weight excluding hydrogens is 262 g/mol. The van der Waals surface area contributed by atoms with Crippen molar-refractivity contribution >= 4 is 5.91 Å². The van der Waals surface area contributed by atoms with Gasteiger partial charge in [0.15, 0.2) is 0 Å². The third-order valence-corrected chi connectivity index (χ3v) is 3.53. The zero-order valence-electron chi connectivity index (χ0n) is 13.6. The second-order valence-electron chi connectivity index (χ2n) is 5.80. The molecule has 4 nitrogen and oxygen atoms in total. The molecule has 0 aliphatic rings. The molecule has 0 bridgehead atoms. The van der Waals surface area contributed by atoms with E-state index < -0.39 is 0 Å². The Morgan fingerprint density at radius 1 is 1.19 bits per heavy atom. The topological polar surface area (TPSA) is 49.6 Å². The van der Waals surface area contributed by atoms with Gasteiger partial charge in [0.1, 0.15) is 0 Å². The Kier molecular flexibility index (Phi) is 8.01. The number of amides is 1. The van der Waals surface area contributed by atoms with Crippen LogP contribution in [0.5, 0.6) is 0 Å². The normalized spacial score (nSPS) is 12.4. The van der Waals surface area contributed by atoms with E-state index in [-0.39, 0.29) is 11.9 Å². The highest BCUT2D eigenvalue weighted by molar-refractivity contribution is 5.81. The van der Waals surface area contributed by atoms with Gasteiger partial charge in [-0.3, -0.25) is 4.79 Å². The minimum Gasteiger partial charge on any atom is -0.336 e. The van der Waals surface area contributed by atoms with Gasteiger partial charge in [-0.25, -0.2) is 0 Å². The second-order valence-corrected chi connectivity index (χ2v) is 5.80. The molecule has 118 valence electrons. The molecule has 0 fully saturated rings. The van der Waals surface area contributed by atoms with Crippen molar-refractivity contribution in [2.75, 3.05) is 27.2 Å². The summed E-state index contributed by atoms with van der Waals surface area (Å²) in [5.41, 5.74) is 7.21. The number of nitrogens with zero attached hydrogens (tertiary/aromatic N) is 2. The molecule has 0 aliphatic carbocycles. The Labute approximate surface area is 128 Å². The Balaban J connectivity index is 2.68. The largest absolute Gasteiger partial charge is 0.336 e. The summed E-state index contributed by atoms with van der Waals surface area (Å²) in [5.74, 6) is 0.0640. The molecular formula is C17H29N3O. The molecule has 1 aromatic rings. The standard InChI is InChI=1S/C17H29N3O/c1-4-5-11-16(18)17(21)20(13-12-19(2)3)14-15-9-7-6-8-10-15/h6-10,16H,4-5,11-14,18H2,1-3H3/t16-/m0/s1. The van der Waals surface area contributed by atoms with E-state index in [9.17, 15) is 4.79 Å². The third-order valence-electron chi connectivity index (χ3n) is 3.53. The highest BCUT2D eigenvalue weighted by atomic mass is 16.2. The van der Waals surface area contributed by atoms with Gasteiger partial charge in [0.25, 0.3) is 0 Å². The first-order valence-corrected chi connectivity index (χ1v) is 7.77. The van der Waals surface area contributed by atoms with Crippen LogP contribution in [0.25, 0.3) is 0 Å². The summed E-state index contributed by atoms with van der Waals surface area (Å²) >= 11 is 0. The molecule has 4 heteroatoms. The van der Waals surface area contributed by atoms with Gasteiger partial charge in [-0.1, -0.05) is 50.1 Å². The lowest BCUT2D eigenvalue weighted by atomic mass is 10.1. The van der Waals surface area contributed by atoms with Crippen molar-refractivity contribution in [3.05, 3.63) is 35.9 Å². The maximum atomic E-state index is 12.5. The van der Waals surface area contributed by atoms with E-state index in [2.05, 4.69) is 11.8 Å². The Hall–Kier alpha value is -1.39. The second kappa shape index (κ2) is 9.53. The van der Waals surface area contributed by atoms with E-state index >= 15 is 0 Å². The van der Waals surface area contributed by atoms with Gasteiger partial charge in [-0.2, -0.15) is 0 Å². The molecule has 0 saturated carbocycles. The molecule has 0 aromatic heterocycles. The zero-order chi connectivity index (χ0) is 15.7. The van der Waals surface area contributed by atoms with Crippen LogP contribution < -0.4 is 5.73 Å². The first-order valence-electron chi connectivity index (χ1n) is 7.77. The minimum atomic E-state index is -0.379. The number of carbonyl (C=O) groups is 1. The van der Waals surface area contributed by atoms with Crippen LogP contribution in [0.2, 0.25) is 0 Å². The Bertz CT molecular complexity index is 406. The summed E-state index contributed by atoms with van der Waals surface area (Å²) in [6.45, 7) is 4.30. The highest BCUT2D eigenvalue weighted by Crippen LogP contribution is 2.08. The average molecular weight is 291 g/mol. The molecule has 1 rings (SSSR count). The molecule has 0 unspecified atom stereocenters. The van der Waals surface area contributed by atoms with Crippen LogP contribution in [0.4, 0.5) is 0 Å². The number of hydrogen-bond acceptors (Lipinski definition) is 3. The molecule has 0 spiro atoms. The lowest BCUT2D eigenvalue weighted by Gasteiger charge is -2.27. The molecule has 21 heavy (non-hydrogen) atoms. The van der Waals surface area contributed by atoms with E-state index in [4.69, 9.17) is 5.73 Å². The molecule has 1 aromatic carbocycles. The average Bonchev–Trinajstić information content (AvgIpc) is 2.49. The summed E-state index contributed by atoms with van der Waals surface area (Å²) in [7, 11) is 4.03. The van der Waals surface area contributed by atoms with Gasteiger partial charge in [0.2, 0.25) is 5.91 Å². The van der Waals surface area contributed by atoms with E-state index in [1.165, 1.54) is 0 Å². The van der Waals surface area contributed by atoms with E-state index in [0.717, 1.165) is 31.4 Å². The van der Waals surface area contributed by atoms with Crippen molar-refractivity contribution in [3.63, 3.8) is 0 Å². The number of rotatable bonds is 9. The number of hydrogen-bond donors (Lipinski definition) is 1. The summed E-state index contributed by atoms with van der Waals surface area (Å²) < 4.78 is 0. The minimum absolute atomic E-state index is 0.0640. The smallest absolute Gasteiger partial charge is 0.239 e. The molecule has 0 aliphatic heterocycles. The van der Waals surface area contributed by atoms with E-state index in [0.29, 0.717) is 13.1 Å².